The van der Waals surface area contributed by atoms with Crippen LogP contribution in [0.15, 0.2) is 47.3 Å². The van der Waals surface area contributed by atoms with Crippen molar-refractivity contribution in [2.75, 3.05) is 31.5 Å². The number of nitrogens with one attached hydrogen (secondary N) is 2. The number of halogens is 1. The summed E-state index contributed by atoms with van der Waals surface area (Å²) in [6.45, 7) is 1.89. The Morgan fingerprint density at radius 1 is 1.06 bits per heavy atom. The van der Waals surface area contributed by atoms with E-state index in [1.54, 1.807) is 59.3 Å². The lowest BCUT2D eigenvalue weighted by atomic mass is 10.1. The number of hydrogen-bond donors (Lipinski definition) is 2. The summed E-state index contributed by atoms with van der Waals surface area (Å²) in [5, 5.41) is 3.86. The molecule has 1 aliphatic heterocycles. The van der Waals surface area contributed by atoms with E-state index < -0.39 is 0 Å². The predicted octanol–water partition coefficient (Wildman–Crippen LogP) is 3.63. The largest absolute Gasteiger partial charge is 0.337 e. The van der Waals surface area contributed by atoms with Gasteiger partial charge in [0.1, 0.15) is 0 Å². The van der Waals surface area contributed by atoms with Gasteiger partial charge >= 0.3 is 6.03 Å². The summed E-state index contributed by atoms with van der Waals surface area (Å²) in [6, 6.07) is 11.7. The molecular weight excluding hydrogens is 450 g/mol. The summed E-state index contributed by atoms with van der Waals surface area (Å²) < 4.78 is 1.65. The van der Waals surface area contributed by atoms with E-state index in [-0.39, 0.29) is 17.5 Å². The van der Waals surface area contributed by atoms with Crippen LogP contribution in [-0.4, -0.2) is 57.5 Å². The SMILES string of the molecule is Cn1c(=S)[nH]c2cc(C(=O)N3CCCN(C(=O)Nc4cccc(Cl)c4)CC3)ccc2c1=O. The molecule has 1 aliphatic rings. The second-order valence-electron chi connectivity index (χ2n) is 7.63. The first kappa shape index (κ1) is 22.0. The minimum atomic E-state index is -0.226. The van der Waals surface area contributed by atoms with E-state index in [9.17, 15) is 14.4 Å². The smallest absolute Gasteiger partial charge is 0.321 e. The molecule has 0 atom stereocenters. The van der Waals surface area contributed by atoms with E-state index >= 15 is 0 Å². The second kappa shape index (κ2) is 9.13. The highest BCUT2D eigenvalue weighted by atomic mass is 35.5. The number of aromatic amines is 1. The lowest BCUT2D eigenvalue weighted by Gasteiger charge is -2.22. The molecule has 2 N–H and O–H groups in total. The zero-order valence-corrected chi connectivity index (χ0v) is 19.0. The molecule has 32 heavy (non-hydrogen) atoms. The Kier molecular flexibility index (Phi) is 6.29. The molecule has 0 radical (unpaired) electrons. The van der Waals surface area contributed by atoms with Crippen LogP contribution < -0.4 is 10.9 Å². The third-order valence-electron chi connectivity index (χ3n) is 5.49. The molecule has 0 unspecified atom stereocenters. The van der Waals surface area contributed by atoms with Gasteiger partial charge in [-0.2, -0.15) is 0 Å². The third kappa shape index (κ3) is 4.53. The van der Waals surface area contributed by atoms with Crippen molar-refractivity contribution in [1.29, 1.82) is 0 Å². The van der Waals surface area contributed by atoms with E-state index in [0.29, 0.717) is 64.5 Å². The maximum absolute atomic E-state index is 13.1. The van der Waals surface area contributed by atoms with Crippen molar-refractivity contribution in [3.05, 3.63) is 68.2 Å². The molecule has 0 saturated carbocycles. The molecule has 0 aliphatic carbocycles. The number of carbonyl (C=O) groups is 2. The Morgan fingerprint density at radius 3 is 2.59 bits per heavy atom. The van der Waals surface area contributed by atoms with E-state index in [4.69, 9.17) is 23.8 Å². The normalized spacial score (nSPS) is 14.3. The standard InChI is InChI=1S/C22H22ClN5O3S/c1-26-20(30)17-7-6-14(12-18(17)25-22(26)32)19(29)27-8-3-9-28(11-10-27)21(31)24-16-5-2-4-15(23)13-16/h2,4-7,12-13H,3,8-11H2,1H3,(H,24,31)(H,25,32). The fourth-order valence-electron chi connectivity index (χ4n) is 3.71. The van der Waals surface area contributed by atoms with Crippen molar-refractivity contribution in [3.63, 3.8) is 0 Å². The first-order chi connectivity index (χ1) is 15.3. The maximum Gasteiger partial charge on any atom is 0.321 e. The minimum Gasteiger partial charge on any atom is -0.337 e. The first-order valence-corrected chi connectivity index (χ1v) is 11.0. The van der Waals surface area contributed by atoms with Gasteiger partial charge in [0.05, 0.1) is 10.9 Å². The first-order valence-electron chi connectivity index (χ1n) is 10.2. The quantitative estimate of drug-likeness (QED) is 0.558. The van der Waals surface area contributed by atoms with Crippen molar-refractivity contribution in [2.24, 2.45) is 7.05 Å². The average molecular weight is 472 g/mol. The lowest BCUT2D eigenvalue weighted by molar-refractivity contribution is 0.0763. The molecule has 0 spiro atoms. The molecule has 1 saturated heterocycles. The van der Waals surface area contributed by atoms with E-state index in [1.165, 1.54) is 4.57 Å². The predicted molar refractivity (Wildman–Crippen MR) is 127 cm³/mol. The summed E-state index contributed by atoms with van der Waals surface area (Å²) >= 11 is 11.2. The molecule has 8 nitrogen and oxygen atoms in total. The molecule has 3 aromatic rings. The Labute approximate surface area is 194 Å². The zero-order valence-electron chi connectivity index (χ0n) is 17.4. The molecule has 2 aromatic carbocycles. The van der Waals surface area contributed by atoms with Crippen LogP contribution in [0.5, 0.6) is 0 Å². The van der Waals surface area contributed by atoms with Crippen LogP contribution in [0.2, 0.25) is 5.02 Å². The van der Waals surface area contributed by atoms with E-state index in [2.05, 4.69) is 10.3 Å². The number of H-pyrrole nitrogens is 1. The topological polar surface area (TPSA) is 90.4 Å². The van der Waals surface area contributed by atoms with Crippen molar-refractivity contribution in [1.82, 2.24) is 19.4 Å². The molecule has 166 valence electrons. The number of benzene rings is 2. The van der Waals surface area contributed by atoms with Gasteiger partial charge in [0, 0.05) is 49.5 Å². The maximum atomic E-state index is 13.1. The van der Waals surface area contributed by atoms with Crippen molar-refractivity contribution >= 4 is 52.3 Å². The van der Waals surface area contributed by atoms with E-state index in [0.717, 1.165) is 0 Å². The fourth-order valence-corrected chi connectivity index (χ4v) is 4.10. The number of fused-ring (bicyclic) bond motifs is 1. The summed E-state index contributed by atoms with van der Waals surface area (Å²) in [5.74, 6) is -0.149. The highest BCUT2D eigenvalue weighted by molar-refractivity contribution is 7.71. The van der Waals surface area contributed by atoms with Crippen molar-refractivity contribution in [3.8, 4) is 0 Å². The Bertz CT molecular complexity index is 1320. The third-order valence-corrected chi connectivity index (χ3v) is 6.11. The number of urea groups is 1. The number of hydrogen-bond acceptors (Lipinski definition) is 4. The minimum absolute atomic E-state index is 0.149. The highest BCUT2D eigenvalue weighted by Crippen LogP contribution is 2.17. The number of anilines is 1. The van der Waals surface area contributed by atoms with Crippen molar-refractivity contribution < 1.29 is 9.59 Å². The van der Waals surface area contributed by atoms with Crippen molar-refractivity contribution in [2.45, 2.75) is 6.42 Å². The molecule has 0 bridgehead atoms. The second-order valence-corrected chi connectivity index (χ2v) is 8.45. The molecule has 3 amide bonds. The Hall–Kier alpha value is -3.17. The van der Waals surface area contributed by atoms with Crippen LogP contribution in [0.1, 0.15) is 16.8 Å². The number of rotatable bonds is 2. The summed E-state index contributed by atoms with van der Waals surface area (Å²) in [7, 11) is 1.60. The molecule has 2 heterocycles. The fraction of sp³-hybridized carbons (Fsp3) is 0.273. The number of nitrogens with zero attached hydrogens (tertiary/aromatic N) is 3. The Morgan fingerprint density at radius 2 is 1.81 bits per heavy atom. The molecule has 10 heteroatoms. The van der Waals surface area contributed by atoms with Gasteiger partial charge in [-0.25, -0.2) is 4.79 Å². The zero-order chi connectivity index (χ0) is 22.8. The number of aromatic nitrogens is 2. The van der Waals surface area contributed by atoms with E-state index in [1.807, 2.05) is 0 Å². The highest BCUT2D eigenvalue weighted by Gasteiger charge is 2.23. The van der Waals surface area contributed by atoms with Gasteiger partial charge < -0.3 is 20.1 Å². The van der Waals surface area contributed by atoms with Crippen LogP contribution in [0.25, 0.3) is 10.9 Å². The van der Waals surface area contributed by atoms with Crippen LogP contribution >= 0.6 is 23.8 Å². The lowest BCUT2D eigenvalue weighted by Crippen LogP contribution is -2.39. The van der Waals surface area contributed by atoms with Crippen LogP contribution in [0, 0.1) is 4.77 Å². The van der Waals surface area contributed by atoms with Crippen LogP contribution in [0.4, 0.5) is 10.5 Å². The molecule has 4 rings (SSSR count). The summed E-state index contributed by atoms with van der Waals surface area (Å²) in [5.41, 5.74) is 1.41. The van der Waals surface area contributed by atoms with Crippen LogP contribution in [-0.2, 0) is 7.05 Å². The van der Waals surface area contributed by atoms with Gasteiger partial charge in [0.15, 0.2) is 4.77 Å². The van der Waals surface area contributed by atoms with Gasteiger partial charge in [0.25, 0.3) is 11.5 Å². The number of amides is 3. The summed E-state index contributed by atoms with van der Waals surface area (Å²) in [6.07, 6.45) is 0.658. The molecular formula is C22H22ClN5O3S. The monoisotopic (exact) mass is 471 g/mol. The summed E-state index contributed by atoms with van der Waals surface area (Å²) in [4.78, 5) is 44.5. The number of carbonyl (C=O) groups excluding carboxylic acids is 2. The van der Waals surface area contributed by atoms with Gasteiger partial charge in [-0.05, 0) is 55.0 Å². The molecule has 1 fully saturated rings. The van der Waals surface area contributed by atoms with Crippen LogP contribution in [0.3, 0.4) is 0 Å². The van der Waals surface area contributed by atoms with Gasteiger partial charge in [0.2, 0.25) is 0 Å². The van der Waals surface area contributed by atoms with Gasteiger partial charge in [-0.15, -0.1) is 0 Å². The Balaban J connectivity index is 1.46. The average Bonchev–Trinajstić information content (AvgIpc) is 3.03. The van der Waals surface area contributed by atoms with Gasteiger partial charge in [-0.3, -0.25) is 14.2 Å². The molecule has 1 aromatic heterocycles. The van der Waals surface area contributed by atoms with Gasteiger partial charge in [-0.1, -0.05) is 17.7 Å².